The summed E-state index contributed by atoms with van der Waals surface area (Å²) < 4.78 is 5.67. The van der Waals surface area contributed by atoms with E-state index in [1.54, 1.807) is 0 Å². The second kappa shape index (κ2) is 2.81. The number of rotatable bonds is 0. The lowest BCUT2D eigenvalue weighted by Gasteiger charge is -2.18. The average molecular weight is 190 g/mol. The third kappa shape index (κ3) is 1.09. The molecule has 0 aromatic heterocycles. The lowest BCUT2D eigenvalue weighted by molar-refractivity contribution is 0.344. The van der Waals surface area contributed by atoms with Crippen LogP contribution in [0.1, 0.15) is 12.0 Å². The Morgan fingerprint density at radius 1 is 1.23 bits per heavy atom. The van der Waals surface area contributed by atoms with Crippen LogP contribution in [0.15, 0.2) is 29.8 Å². The Kier molecular flexibility index (Phi) is 1.62. The van der Waals surface area contributed by atoms with E-state index < -0.39 is 0 Å². The molecule has 2 heteroatoms. The van der Waals surface area contributed by atoms with Gasteiger partial charge in [0.1, 0.15) is 12.4 Å². The fourth-order valence-corrected chi connectivity index (χ4v) is 3.08. The molecule has 66 valence electrons. The summed E-state index contributed by atoms with van der Waals surface area (Å²) >= 11 is 1.97. The Balaban J connectivity index is 2.18. The van der Waals surface area contributed by atoms with E-state index in [0.717, 1.165) is 12.4 Å². The fourth-order valence-electron chi connectivity index (χ4n) is 1.84. The topological polar surface area (TPSA) is 9.23 Å². The molecule has 0 atom stereocenters. The van der Waals surface area contributed by atoms with Crippen LogP contribution >= 0.6 is 11.8 Å². The van der Waals surface area contributed by atoms with Crippen molar-refractivity contribution in [2.45, 2.75) is 6.42 Å². The van der Waals surface area contributed by atoms with Gasteiger partial charge in [-0.2, -0.15) is 0 Å². The van der Waals surface area contributed by atoms with Crippen molar-refractivity contribution in [2.75, 3.05) is 12.4 Å². The molecule has 0 N–H and O–H groups in total. The Morgan fingerprint density at radius 2 is 2.15 bits per heavy atom. The van der Waals surface area contributed by atoms with Crippen LogP contribution < -0.4 is 4.74 Å². The quantitative estimate of drug-likeness (QED) is 0.622. The van der Waals surface area contributed by atoms with Crippen LogP contribution in [0.3, 0.4) is 0 Å². The third-order valence-corrected chi connectivity index (χ3v) is 3.71. The van der Waals surface area contributed by atoms with Gasteiger partial charge in [-0.05, 0) is 18.1 Å². The maximum atomic E-state index is 5.67. The minimum Gasteiger partial charge on any atom is -0.489 e. The molecule has 3 rings (SSSR count). The SMILES string of the molecule is c1ccc2c(c1)OCC1=C2SCC1. The van der Waals surface area contributed by atoms with E-state index in [0.29, 0.717) is 0 Å². The van der Waals surface area contributed by atoms with Gasteiger partial charge in [-0.25, -0.2) is 0 Å². The second-order valence-electron chi connectivity index (χ2n) is 3.32. The highest BCUT2D eigenvalue weighted by atomic mass is 32.2. The van der Waals surface area contributed by atoms with Crippen molar-refractivity contribution in [3.05, 3.63) is 35.4 Å². The van der Waals surface area contributed by atoms with Gasteiger partial charge in [0.2, 0.25) is 0 Å². The molecule has 0 amide bonds. The predicted molar refractivity (Wildman–Crippen MR) is 55.9 cm³/mol. The minimum absolute atomic E-state index is 0.805. The Labute approximate surface area is 81.8 Å². The summed E-state index contributed by atoms with van der Waals surface area (Å²) in [5.41, 5.74) is 2.79. The van der Waals surface area contributed by atoms with E-state index in [9.17, 15) is 0 Å². The van der Waals surface area contributed by atoms with Crippen molar-refractivity contribution in [3.8, 4) is 5.75 Å². The maximum absolute atomic E-state index is 5.67. The summed E-state index contributed by atoms with van der Waals surface area (Å²) in [4.78, 5) is 1.47. The van der Waals surface area contributed by atoms with Gasteiger partial charge in [-0.1, -0.05) is 18.2 Å². The van der Waals surface area contributed by atoms with Gasteiger partial charge >= 0.3 is 0 Å². The van der Waals surface area contributed by atoms with Gasteiger partial charge in [0.25, 0.3) is 0 Å². The minimum atomic E-state index is 0.805. The number of ether oxygens (including phenoxy) is 1. The van der Waals surface area contributed by atoms with Crippen molar-refractivity contribution >= 4 is 16.7 Å². The van der Waals surface area contributed by atoms with E-state index in [2.05, 4.69) is 18.2 Å². The molecule has 0 fully saturated rings. The molecule has 2 heterocycles. The molecular weight excluding hydrogens is 180 g/mol. The molecule has 1 nitrogen and oxygen atoms in total. The molecule has 1 aromatic carbocycles. The number of hydrogen-bond donors (Lipinski definition) is 0. The number of hydrogen-bond acceptors (Lipinski definition) is 2. The zero-order chi connectivity index (χ0) is 8.67. The number of thioether (sulfide) groups is 1. The zero-order valence-electron chi connectivity index (χ0n) is 7.25. The first-order valence-corrected chi connectivity index (χ1v) is 5.51. The van der Waals surface area contributed by atoms with Crippen LogP contribution in [-0.4, -0.2) is 12.4 Å². The molecule has 0 spiro atoms. The van der Waals surface area contributed by atoms with Crippen LogP contribution in [0.4, 0.5) is 0 Å². The Bertz CT molecular complexity index is 381. The first-order chi connectivity index (χ1) is 6.45. The molecule has 1 aromatic rings. The van der Waals surface area contributed by atoms with Crippen LogP contribution in [-0.2, 0) is 0 Å². The summed E-state index contributed by atoms with van der Waals surface area (Å²) in [7, 11) is 0. The van der Waals surface area contributed by atoms with Crippen molar-refractivity contribution in [3.63, 3.8) is 0 Å². The highest BCUT2D eigenvalue weighted by molar-refractivity contribution is 8.08. The van der Waals surface area contributed by atoms with Crippen molar-refractivity contribution in [1.29, 1.82) is 0 Å². The Hall–Kier alpha value is -0.890. The molecule has 2 aliphatic rings. The molecule has 0 saturated heterocycles. The highest BCUT2D eigenvalue weighted by Crippen LogP contribution is 2.45. The maximum Gasteiger partial charge on any atom is 0.128 e. The van der Waals surface area contributed by atoms with Crippen molar-refractivity contribution in [2.24, 2.45) is 0 Å². The smallest absolute Gasteiger partial charge is 0.128 e. The molecule has 2 aliphatic heterocycles. The first-order valence-electron chi connectivity index (χ1n) is 4.52. The van der Waals surface area contributed by atoms with Gasteiger partial charge in [0, 0.05) is 16.2 Å². The molecule has 13 heavy (non-hydrogen) atoms. The van der Waals surface area contributed by atoms with Gasteiger partial charge in [-0.3, -0.25) is 0 Å². The molecule has 0 saturated carbocycles. The zero-order valence-corrected chi connectivity index (χ0v) is 8.06. The monoisotopic (exact) mass is 190 g/mol. The predicted octanol–water partition coefficient (Wildman–Crippen LogP) is 2.93. The van der Waals surface area contributed by atoms with E-state index >= 15 is 0 Å². The van der Waals surface area contributed by atoms with Crippen LogP contribution in [0.25, 0.3) is 4.91 Å². The summed E-state index contributed by atoms with van der Waals surface area (Å²) in [6.45, 7) is 0.805. The van der Waals surface area contributed by atoms with E-state index in [4.69, 9.17) is 4.74 Å². The van der Waals surface area contributed by atoms with Crippen molar-refractivity contribution in [1.82, 2.24) is 0 Å². The summed E-state index contributed by atoms with van der Waals surface area (Å²) in [6.07, 6.45) is 1.20. The van der Waals surface area contributed by atoms with Gasteiger partial charge in [0.15, 0.2) is 0 Å². The van der Waals surface area contributed by atoms with E-state index in [1.807, 2.05) is 17.8 Å². The van der Waals surface area contributed by atoms with Crippen LogP contribution in [0, 0.1) is 0 Å². The molecule has 0 bridgehead atoms. The third-order valence-electron chi connectivity index (χ3n) is 2.50. The van der Waals surface area contributed by atoms with Crippen LogP contribution in [0.2, 0.25) is 0 Å². The fraction of sp³-hybridized carbons (Fsp3) is 0.273. The molecular formula is C11H10OS. The normalized spacial score (nSPS) is 19.4. The summed E-state index contributed by atoms with van der Waals surface area (Å²) in [6, 6.07) is 8.32. The lowest BCUT2D eigenvalue weighted by atomic mass is 10.1. The standard InChI is InChI=1S/C11H10OS/c1-2-4-10-9(3-1)11-8(7-12-10)5-6-13-11/h1-4H,5-7H2. The molecule has 0 unspecified atom stereocenters. The highest BCUT2D eigenvalue weighted by Gasteiger charge is 2.23. The first kappa shape index (κ1) is 7.51. The molecule has 0 radical (unpaired) electrons. The van der Waals surface area contributed by atoms with Gasteiger partial charge in [-0.15, -0.1) is 11.8 Å². The van der Waals surface area contributed by atoms with Gasteiger partial charge < -0.3 is 4.74 Å². The van der Waals surface area contributed by atoms with Crippen molar-refractivity contribution < 1.29 is 4.74 Å². The number of benzene rings is 1. The molecule has 0 aliphatic carbocycles. The van der Waals surface area contributed by atoms with Crippen LogP contribution in [0.5, 0.6) is 5.75 Å². The Morgan fingerprint density at radius 3 is 3.15 bits per heavy atom. The number of para-hydroxylation sites is 1. The summed E-state index contributed by atoms with van der Waals surface area (Å²) in [5, 5.41) is 0. The second-order valence-corrected chi connectivity index (χ2v) is 4.42. The summed E-state index contributed by atoms with van der Waals surface area (Å²) in [5.74, 6) is 2.28. The largest absolute Gasteiger partial charge is 0.489 e. The lowest BCUT2D eigenvalue weighted by Crippen LogP contribution is -2.07. The van der Waals surface area contributed by atoms with E-state index in [1.165, 1.54) is 28.2 Å². The number of fused-ring (bicyclic) bond motifs is 2. The van der Waals surface area contributed by atoms with Gasteiger partial charge in [0.05, 0.1) is 0 Å². The average Bonchev–Trinajstić information content (AvgIpc) is 2.65. The van der Waals surface area contributed by atoms with E-state index in [-0.39, 0.29) is 0 Å².